The van der Waals surface area contributed by atoms with E-state index in [0.717, 1.165) is 16.2 Å². The average Bonchev–Trinajstić information content (AvgIpc) is 2.73. The van der Waals surface area contributed by atoms with Gasteiger partial charge in [-0.3, -0.25) is 9.52 Å². The zero-order valence-corrected chi connectivity index (χ0v) is 19.0. The second-order valence-electron chi connectivity index (χ2n) is 6.45. The Hall–Kier alpha value is -2.42. The Morgan fingerprint density at radius 3 is 2.30 bits per heavy atom. The number of amides is 1. The van der Waals surface area contributed by atoms with Gasteiger partial charge >= 0.3 is 0 Å². The summed E-state index contributed by atoms with van der Waals surface area (Å²) in [5.41, 5.74) is 2.06. The third kappa shape index (κ3) is 6.04. The number of anilines is 2. The van der Waals surface area contributed by atoms with Gasteiger partial charge in [0.2, 0.25) is 5.91 Å². The van der Waals surface area contributed by atoms with Crippen molar-refractivity contribution in [1.29, 1.82) is 0 Å². The van der Waals surface area contributed by atoms with Gasteiger partial charge in [-0.15, -0.1) is 23.5 Å². The molecule has 5 nitrogen and oxygen atoms in total. The standard InChI is InChI=1S/C22H22N2O3S3/c1-16(25)23-21-14-20(12-13-22(21)28-2)30(26,27)24-18-10-8-17(9-11-18)15-29-19-6-4-3-5-7-19/h3-14,24H,15H2,1-2H3,(H,23,25). The number of carbonyl (C=O) groups is 1. The first-order chi connectivity index (χ1) is 14.4. The number of hydrogen-bond donors (Lipinski definition) is 2. The molecule has 0 heterocycles. The smallest absolute Gasteiger partial charge is 0.261 e. The largest absolute Gasteiger partial charge is 0.325 e. The molecular formula is C22H22N2O3S3. The molecule has 0 spiro atoms. The van der Waals surface area contributed by atoms with Crippen molar-refractivity contribution in [2.75, 3.05) is 16.3 Å². The van der Waals surface area contributed by atoms with E-state index in [9.17, 15) is 13.2 Å². The van der Waals surface area contributed by atoms with E-state index in [2.05, 4.69) is 22.2 Å². The summed E-state index contributed by atoms with van der Waals surface area (Å²) in [7, 11) is -3.78. The summed E-state index contributed by atoms with van der Waals surface area (Å²) in [5.74, 6) is 0.546. The molecule has 1 amide bonds. The van der Waals surface area contributed by atoms with Crippen LogP contribution in [0.1, 0.15) is 12.5 Å². The number of rotatable bonds is 8. The predicted molar refractivity (Wildman–Crippen MR) is 126 cm³/mol. The van der Waals surface area contributed by atoms with Gasteiger partial charge < -0.3 is 5.32 Å². The number of hydrogen-bond acceptors (Lipinski definition) is 5. The fourth-order valence-corrected chi connectivity index (χ4v) is 5.20. The molecule has 0 unspecified atom stereocenters. The maximum absolute atomic E-state index is 12.8. The third-order valence-corrected chi connectivity index (χ3v) is 7.40. The van der Waals surface area contributed by atoms with Gasteiger partial charge in [0.05, 0.1) is 10.6 Å². The van der Waals surface area contributed by atoms with Gasteiger partial charge in [-0.1, -0.05) is 30.3 Å². The molecule has 3 aromatic rings. The molecule has 0 bridgehead atoms. The van der Waals surface area contributed by atoms with Crippen LogP contribution < -0.4 is 10.0 Å². The molecule has 8 heteroatoms. The van der Waals surface area contributed by atoms with Crippen molar-refractivity contribution in [2.24, 2.45) is 0 Å². The second kappa shape index (κ2) is 10.1. The van der Waals surface area contributed by atoms with Gasteiger partial charge in [0.25, 0.3) is 10.0 Å². The molecule has 0 aliphatic rings. The lowest BCUT2D eigenvalue weighted by Crippen LogP contribution is -2.14. The normalized spacial score (nSPS) is 11.1. The monoisotopic (exact) mass is 458 g/mol. The molecular weight excluding hydrogens is 436 g/mol. The van der Waals surface area contributed by atoms with E-state index < -0.39 is 10.0 Å². The lowest BCUT2D eigenvalue weighted by Gasteiger charge is -2.13. The van der Waals surface area contributed by atoms with Crippen LogP contribution in [-0.4, -0.2) is 20.6 Å². The minimum absolute atomic E-state index is 0.0905. The van der Waals surface area contributed by atoms with Gasteiger partial charge in [0.15, 0.2) is 0 Å². The zero-order valence-electron chi connectivity index (χ0n) is 16.6. The van der Waals surface area contributed by atoms with Crippen LogP contribution in [0.3, 0.4) is 0 Å². The molecule has 0 fully saturated rings. The van der Waals surface area contributed by atoms with Gasteiger partial charge in [0.1, 0.15) is 0 Å². The van der Waals surface area contributed by atoms with E-state index in [4.69, 9.17) is 0 Å². The lowest BCUT2D eigenvalue weighted by molar-refractivity contribution is -0.114. The Morgan fingerprint density at radius 1 is 0.967 bits per heavy atom. The Morgan fingerprint density at radius 2 is 1.67 bits per heavy atom. The Labute approximate surface area is 185 Å². The number of sulfonamides is 1. The van der Waals surface area contributed by atoms with Crippen molar-refractivity contribution in [3.8, 4) is 0 Å². The van der Waals surface area contributed by atoms with E-state index >= 15 is 0 Å². The van der Waals surface area contributed by atoms with Crippen LogP contribution in [0.25, 0.3) is 0 Å². The number of thioether (sulfide) groups is 2. The molecule has 0 atom stereocenters. The average molecular weight is 459 g/mol. The van der Waals surface area contributed by atoms with Crippen molar-refractivity contribution >= 4 is 50.8 Å². The highest BCUT2D eigenvalue weighted by atomic mass is 32.2. The molecule has 0 aromatic heterocycles. The van der Waals surface area contributed by atoms with E-state index in [1.165, 1.54) is 35.7 Å². The summed E-state index contributed by atoms with van der Waals surface area (Å²) in [6, 6.07) is 22.1. The summed E-state index contributed by atoms with van der Waals surface area (Å²) in [6.45, 7) is 1.39. The van der Waals surface area contributed by atoms with Gasteiger partial charge in [-0.25, -0.2) is 8.42 Å². The van der Waals surface area contributed by atoms with E-state index in [0.29, 0.717) is 11.4 Å². The van der Waals surface area contributed by atoms with Gasteiger partial charge in [-0.2, -0.15) is 0 Å². The molecule has 0 aliphatic carbocycles. The van der Waals surface area contributed by atoms with Crippen LogP contribution in [0.2, 0.25) is 0 Å². The van der Waals surface area contributed by atoms with Crippen molar-refractivity contribution in [3.05, 3.63) is 78.4 Å². The number of nitrogens with one attached hydrogen (secondary N) is 2. The lowest BCUT2D eigenvalue weighted by atomic mass is 10.2. The highest BCUT2D eigenvalue weighted by Crippen LogP contribution is 2.29. The Kier molecular flexibility index (Phi) is 7.47. The van der Waals surface area contributed by atoms with Crippen molar-refractivity contribution in [3.63, 3.8) is 0 Å². The van der Waals surface area contributed by atoms with Crippen LogP contribution in [0.5, 0.6) is 0 Å². The SMILES string of the molecule is CSc1ccc(S(=O)(=O)Nc2ccc(CSc3ccccc3)cc2)cc1NC(C)=O. The quantitative estimate of drug-likeness (QED) is 0.439. The maximum atomic E-state index is 12.8. The molecule has 2 N–H and O–H groups in total. The topological polar surface area (TPSA) is 75.3 Å². The molecule has 3 aromatic carbocycles. The fraction of sp³-hybridized carbons (Fsp3) is 0.136. The molecule has 156 valence electrons. The summed E-state index contributed by atoms with van der Waals surface area (Å²) >= 11 is 3.16. The van der Waals surface area contributed by atoms with Crippen LogP contribution in [0.4, 0.5) is 11.4 Å². The van der Waals surface area contributed by atoms with Crippen LogP contribution in [0, 0.1) is 0 Å². The summed E-state index contributed by atoms with van der Waals surface area (Å²) in [6.07, 6.45) is 1.87. The maximum Gasteiger partial charge on any atom is 0.261 e. The van der Waals surface area contributed by atoms with E-state index in [1.807, 2.05) is 36.6 Å². The molecule has 0 radical (unpaired) electrons. The van der Waals surface area contributed by atoms with Crippen LogP contribution >= 0.6 is 23.5 Å². The van der Waals surface area contributed by atoms with Crippen LogP contribution in [0.15, 0.2) is 87.5 Å². The molecule has 0 saturated heterocycles. The minimum atomic E-state index is -3.78. The molecule has 0 saturated carbocycles. The predicted octanol–water partition coefficient (Wildman–Crippen LogP) is 5.46. The zero-order chi connectivity index (χ0) is 21.6. The first kappa shape index (κ1) is 22.3. The van der Waals surface area contributed by atoms with Gasteiger partial charge in [0, 0.05) is 28.2 Å². The number of carbonyl (C=O) groups excluding carboxylic acids is 1. The van der Waals surface area contributed by atoms with Crippen molar-refractivity contribution in [1.82, 2.24) is 0 Å². The summed E-state index contributed by atoms with van der Waals surface area (Å²) in [4.78, 5) is 13.5. The fourth-order valence-electron chi connectivity index (χ4n) is 2.71. The second-order valence-corrected chi connectivity index (χ2v) is 10.0. The first-order valence-electron chi connectivity index (χ1n) is 9.12. The van der Waals surface area contributed by atoms with Crippen molar-refractivity contribution in [2.45, 2.75) is 27.4 Å². The Bertz CT molecular complexity index is 1120. The van der Waals surface area contributed by atoms with Crippen molar-refractivity contribution < 1.29 is 13.2 Å². The molecule has 30 heavy (non-hydrogen) atoms. The molecule has 3 rings (SSSR count). The van der Waals surface area contributed by atoms with E-state index in [-0.39, 0.29) is 10.8 Å². The molecule has 0 aliphatic heterocycles. The minimum Gasteiger partial charge on any atom is -0.325 e. The van der Waals surface area contributed by atoms with E-state index in [1.54, 1.807) is 30.0 Å². The first-order valence-corrected chi connectivity index (χ1v) is 12.8. The summed E-state index contributed by atoms with van der Waals surface area (Å²) < 4.78 is 28.2. The highest BCUT2D eigenvalue weighted by molar-refractivity contribution is 7.99. The third-order valence-electron chi connectivity index (χ3n) is 4.15. The summed E-state index contributed by atoms with van der Waals surface area (Å²) in [5, 5.41) is 2.68. The highest BCUT2D eigenvalue weighted by Gasteiger charge is 2.17. The number of benzene rings is 3. The van der Waals surface area contributed by atoms with Crippen LogP contribution in [-0.2, 0) is 20.6 Å². The Balaban J connectivity index is 1.71. The van der Waals surface area contributed by atoms with Gasteiger partial charge in [-0.05, 0) is 54.3 Å².